The third-order valence-electron chi connectivity index (χ3n) is 7.61. The van der Waals surface area contributed by atoms with Gasteiger partial charge >= 0.3 is 6.09 Å². The van der Waals surface area contributed by atoms with Crippen LogP contribution in [0.1, 0.15) is 64.8 Å². The van der Waals surface area contributed by atoms with Crippen LogP contribution in [0.5, 0.6) is 0 Å². The zero-order valence-corrected chi connectivity index (χ0v) is 22.8. The Kier molecular flexibility index (Phi) is 8.93. The molecule has 2 aromatic rings. The standard InChI is InChI=1S/C30H34N4O7/c35-25-12-11-24(27(36)32-25)34-28(37)22-9-6-10-23(26(22)29(34)38)31-15-4-5-18-40-21-13-16-33(17-14-21)30(39)41-19-20-7-2-1-3-8-20/h1-3,6-10,21,24,31H,4-5,11-19H2,(H,32,35,36). The maximum atomic E-state index is 13.2. The van der Waals surface area contributed by atoms with Crippen LogP contribution in [0.15, 0.2) is 48.5 Å². The molecule has 3 heterocycles. The average Bonchev–Trinajstić information content (AvgIpc) is 3.24. The number of anilines is 1. The first kappa shape index (κ1) is 28.3. The molecule has 2 N–H and O–H groups in total. The highest BCUT2D eigenvalue weighted by Crippen LogP contribution is 2.32. The van der Waals surface area contributed by atoms with Gasteiger partial charge < -0.3 is 19.7 Å². The first-order chi connectivity index (χ1) is 19.9. The highest BCUT2D eigenvalue weighted by molar-refractivity contribution is 6.25. The van der Waals surface area contributed by atoms with Gasteiger partial charge in [-0.05, 0) is 49.8 Å². The van der Waals surface area contributed by atoms with Gasteiger partial charge in [0.15, 0.2) is 0 Å². The molecule has 3 aliphatic heterocycles. The van der Waals surface area contributed by atoms with Crippen LogP contribution < -0.4 is 10.6 Å². The highest BCUT2D eigenvalue weighted by Gasteiger charge is 2.45. The number of nitrogens with one attached hydrogen (secondary N) is 2. The van der Waals surface area contributed by atoms with E-state index in [4.69, 9.17) is 9.47 Å². The lowest BCUT2D eigenvalue weighted by atomic mass is 10.0. The second kappa shape index (κ2) is 12.9. The third kappa shape index (κ3) is 6.57. The van der Waals surface area contributed by atoms with E-state index >= 15 is 0 Å². The summed E-state index contributed by atoms with van der Waals surface area (Å²) in [6.45, 7) is 2.62. The van der Waals surface area contributed by atoms with Gasteiger partial charge in [0.05, 0.1) is 17.2 Å². The van der Waals surface area contributed by atoms with E-state index in [1.165, 1.54) is 0 Å². The fraction of sp³-hybridized carbons (Fsp3) is 0.433. The summed E-state index contributed by atoms with van der Waals surface area (Å²) in [5, 5.41) is 5.46. The number of benzene rings is 2. The van der Waals surface area contributed by atoms with E-state index in [1.54, 1.807) is 23.1 Å². The molecule has 41 heavy (non-hydrogen) atoms. The maximum Gasteiger partial charge on any atom is 0.410 e. The number of hydrogen-bond donors (Lipinski definition) is 2. The van der Waals surface area contributed by atoms with Crippen LogP contribution in [0.2, 0.25) is 0 Å². The van der Waals surface area contributed by atoms with Gasteiger partial charge in [-0.3, -0.25) is 29.4 Å². The van der Waals surface area contributed by atoms with E-state index in [9.17, 15) is 24.0 Å². The van der Waals surface area contributed by atoms with Crippen LogP contribution in [0, 0.1) is 0 Å². The quantitative estimate of drug-likeness (QED) is 0.333. The number of ether oxygens (including phenoxy) is 2. The Labute approximate surface area is 238 Å². The summed E-state index contributed by atoms with van der Waals surface area (Å²) in [5.74, 6) is -2.08. The van der Waals surface area contributed by atoms with E-state index in [0.717, 1.165) is 36.1 Å². The minimum Gasteiger partial charge on any atom is -0.445 e. The second-order valence-electron chi connectivity index (χ2n) is 10.4. The Morgan fingerprint density at radius 1 is 0.927 bits per heavy atom. The lowest BCUT2D eigenvalue weighted by Gasteiger charge is -2.31. The van der Waals surface area contributed by atoms with Crippen molar-refractivity contribution in [2.45, 2.75) is 57.3 Å². The molecular weight excluding hydrogens is 528 g/mol. The highest BCUT2D eigenvalue weighted by atomic mass is 16.6. The van der Waals surface area contributed by atoms with Crippen molar-refractivity contribution >= 4 is 35.4 Å². The van der Waals surface area contributed by atoms with Crippen LogP contribution >= 0.6 is 0 Å². The first-order valence-electron chi connectivity index (χ1n) is 14.1. The topological polar surface area (TPSA) is 134 Å². The molecule has 2 saturated heterocycles. The Morgan fingerprint density at radius 3 is 2.46 bits per heavy atom. The Hall–Kier alpha value is -4.25. The molecule has 5 rings (SSSR count). The predicted molar refractivity (Wildman–Crippen MR) is 148 cm³/mol. The molecular formula is C30H34N4O7. The molecule has 216 valence electrons. The summed E-state index contributed by atoms with van der Waals surface area (Å²) < 4.78 is 11.4. The molecule has 2 aromatic carbocycles. The van der Waals surface area contributed by atoms with Crippen LogP contribution in [0.25, 0.3) is 0 Å². The molecule has 0 saturated carbocycles. The van der Waals surface area contributed by atoms with E-state index in [-0.39, 0.29) is 42.8 Å². The molecule has 0 aromatic heterocycles. The Bertz CT molecular complexity index is 1310. The lowest BCUT2D eigenvalue weighted by Crippen LogP contribution is -2.54. The van der Waals surface area contributed by atoms with Gasteiger partial charge in [0.1, 0.15) is 12.6 Å². The van der Waals surface area contributed by atoms with Crippen LogP contribution in [-0.4, -0.2) is 77.9 Å². The smallest absolute Gasteiger partial charge is 0.410 e. The largest absolute Gasteiger partial charge is 0.445 e. The van der Waals surface area contributed by atoms with Gasteiger partial charge in [0.25, 0.3) is 11.8 Å². The molecule has 11 nitrogen and oxygen atoms in total. The number of piperidine rings is 2. The summed E-state index contributed by atoms with van der Waals surface area (Å²) in [5.41, 5.74) is 2.01. The SMILES string of the molecule is O=C1CCC(N2C(=O)c3cccc(NCCCCOC4CCN(C(=O)OCc5ccccc5)CC4)c3C2=O)C(=O)N1. The number of imide groups is 2. The fourth-order valence-electron chi connectivity index (χ4n) is 5.38. The monoisotopic (exact) mass is 562 g/mol. The normalized spacial score (nSPS) is 19.3. The van der Waals surface area contributed by atoms with Gasteiger partial charge in [-0.2, -0.15) is 0 Å². The molecule has 2 fully saturated rings. The summed E-state index contributed by atoms with van der Waals surface area (Å²) in [6.07, 6.45) is 3.10. The van der Waals surface area contributed by atoms with Gasteiger partial charge in [0.2, 0.25) is 11.8 Å². The number of hydrogen-bond acceptors (Lipinski definition) is 8. The van der Waals surface area contributed by atoms with Gasteiger partial charge in [0, 0.05) is 38.3 Å². The molecule has 11 heteroatoms. The number of nitrogens with zero attached hydrogens (tertiary/aromatic N) is 2. The van der Waals surface area contributed by atoms with Crippen molar-refractivity contribution in [3.05, 3.63) is 65.2 Å². The zero-order chi connectivity index (χ0) is 28.8. The van der Waals surface area contributed by atoms with Crippen molar-refractivity contribution < 1.29 is 33.4 Å². The lowest BCUT2D eigenvalue weighted by molar-refractivity contribution is -0.136. The summed E-state index contributed by atoms with van der Waals surface area (Å²) in [4.78, 5) is 65.0. The van der Waals surface area contributed by atoms with E-state index in [2.05, 4.69) is 10.6 Å². The molecule has 5 amide bonds. The molecule has 0 aliphatic carbocycles. The number of rotatable bonds is 10. The summed E-state index contributed by atoms with van der Waals surface area (Å²) >= 11 is 0. The van der Waals surface area contributed by atoms with E-state index in [1.807, 2.05) is 30.3 Å². The van der Waals surface area contributed by atoms with Crippen molar-refractivity contribution in [2.24, 2.45) is 0 Å². The molecule has 1 unspecified atom stereocenters. The van der Waals surface area contributed by atoms with Crippen molar-refractivity contribution in [3.8, 4) is 0 Å². The molecule has 1 atom stereocenters. The first-order valence-corrected chi connectivity index (χ1v) is 14.1. The van der Waals surface area contributed by atoms with Crippen LogP contribution in [0.4, 0.5) is 10.5 Å². The average molecular weight is 563 g/mol. The molecule has 0 spiro atoms. The van der Waals surface area contributed by atoms with Gasteiger partial charge in [-0.15, -0.1) is 0 Å². The van der Waals surface area contributed by atoms with Crippen molar-refractivity contribution in [1.29, 1.82) is 0 Å². The molecule has 0 radical (unpaired) electrons. The van der Waals surface area contributed by atoms with Gasteiger partial charge in [-0.1, -0.05) is 36.4 Å². The number of likely N-dealkylation sites (tertiary alicyclic amines) is 1. The zero-order valence-electron chi connectivity index (χ0n) is 22.8. The van der Waals surface area contributed by atoms with Crippen molar-refractivity contribution in [1.82, 2.24) is 15.1 Å². The number of fused-ring (bicyclic) bond motifs is 1. The van der Waals surface area contributed by atoms with E-state index < -0.39 is 29.7 Å². The summed E-state index contributed by atoms with van der Waals surface area (Å²) in [6, 6.07) is 13.6. The Balaban J connectivity index is 1.01. The fourth-order valence-corrected chi connectivity index (χ4v) is 5.38. The number of carbonyl (C=O) groups excluding carboxylic acids is 5. The molecule has 0 bridgehead atoms. The predicted octanol–water partition coefficient (Wildman–Crippen LogP) is 3.10. The van der Waals surface area contributed by atoms with Crippen molar-refractivity contribution in [2.75, 3.05) is 31.6 Å². The number of unbranched alkanes of at least 4 members (excludes halogenated alkanes) is 1. The maximum absolute atomic E-state index is 13.2. The number of carbonyl (C=O) groups is 5. The number of amides is 5. The minimum atomic E-state index is -0.989. The third-order valence-corrected chi connectivity index (χ3v) is 7.61. The molecule has 3 aliphatic rings. The van der Waals surface area contributed by atoms with E-state index in [0.29, 0.717) is 31.9 Å². The van der Waals surface area contributed by atoms with Gasteiger partial charge in [-0.25, -0.2) is 4.79 Å². The van der Waals surface area contributed by atoms with Crippen LogP contribution in [0.3, 0.4) is 0 Å². The Morgan fingerprint density at radius 2 is 1.71 bits per heavy atom. The minimum absolute atomic E-state index is 0.0808. The van der Waals surface area contributed by atoms with Crippen molar-refractivity contribution in [3.63, 3.8) is 0 Å². The second-order valence-corrected chi connectivity index (χ2v) is 10.4. The summed E-state index contributed by atoms with van der Waals surface area (Å²) in [7, 11) is 0. The van der Waals surface area contributed by atoms with Crippen LogP contribution in [-0.2, 0) is 25.7 Å².